The summed E-state index contributed by atoms with van der Waals surface area (Å²) in [6, 6.07) is 16.6. The van der Waals surface area contributed by atoms with Crippen molar-refractivity contribution >= 4 is 23.0 Å². The lowest BCUT2D eigenvalue weighted by Gasteiger charge is -2.26. The number of hydrogen-bond donors (Lipinski definition) is 2. The van der Waals surface area contributed by atoms with Crippen LogP contribution in [0.3, 0.4) is 0 Å². The number of hydrogen-bond acceptors (Lipinski definition) is 3. The summed E-state index contributed by atoms with van der Waals surface area (Å²) in [5, 5.41) is 7.09. The van der Waals surface area contributed by atoms with Gasteiger partial charge in [0.05, 0.1) is 6.61 Å². The van der Waals surface area contributed by atoms with Crippen molar-refractivity contribution in [3.8, 4) is 5.75 Å². The van der Waals surface area contributed by atoms with Gasteiger partial charge in [-0.1, -0.05) is 30.7 Å². The van der Waals surface area contributed by atoms with Crippen LogP contribution in [0.15, 0.2) is 48.5 Å². The number of piperidine rings is 1. The predicted octanol–water partition coefficient (Wildman–Crippen LogP) is 4.56. The molecular formula is C22H29N3OS. The van der Waals surface area contributed by atoms with Crippen molar-refractivity contribution in [1.82, 2.24) is 10.2 Å². The first-order chi connectivity index (χ1) is 13.2. The molecule has 0 spiro atoms. The van der Waals surface area contributed by atoms with Gasteiger partial charge < -0.3 is 15.4 Å². The molecule has 2 N–H and O–H groups in total. The highest BCUT2D eigenvalue weighted by Crippen LogP contribution is 2.16. The summed E-state index contributed by atoms with van der Waals surface area (Å²) in [7, 11) is 0. The molecule has 1 aliphatic rings. The van der Waals surface area contributed by atoms with Crippen molar-refractivity contribution in [2.45, 2.75) is 39.3 Å². The van der Waals surface area contributed by atoms with Crippen molar-refractivity contribution in [3.05, 3.63) is 59.7 Å². The van der Waals surface area contributed by atoms with Crippen LogP contribution in [0.2, 0.25) is 0 Å². The van der Waals surface area contributed by atoms with Gasteiger partial charge in [0, 0.05) is 18.8 Å². The zero-order valence-corrected chi connectivity index (χ0v) is 16.9. The van der Waals surface area contributed by atoms with Crippen molar-refractivity contribution in [3.63, 3.8) is 0 Å². The van der Waals surface area contributed by atoms with Crippen LogP contribution in [0, 0.1) is 0 Å². The van der Waals surface area contributed by atoms with E-state index in [2.05, 4.69) is 39.8 Å². The van der Waals surface area contributed by atoms with Gasteiger partial charge in [-0.25, -0.2) is 0 Å². The monoisotopic (exact) mass is 383 g/mol. The Labute approximate surface area is 167 Å². The number of thiocarbonyl (C=S) groups is 1. The summed E-state index contributed by atoms with van der Waals surface area (Å²) in [5.74, 6) is 0.867. The third kappa shape index (κ3) is 6.52. The van der Waals surface area contributed by atoms with Crippen LogP contribution in [0.1, 0.15) is 37.3 Å². The van der Waals surface area contributed by atoms with Crippen LogP contribution < -0.4 is 15.4 Å². The van der Waals surface area contributed by atoms with Crippen molar-refractivity contribution in [1.29, 1.82) is 0 Å². The maximum absolute atomic E-state index is 5.45. The number of nitrogens with one attached hydrogen (secondary N) is 2. The molecule has 144 valence electrons. The van der Waals surface area contributed by atoms with Gasteiger partial charge in [0.1, 0.15) is 5.75 Å². The van der Waals surface area contributed by atoms with E-state index in [1.165, 1.54) is 43.5 Å². The Hall–Kier alpha value is -2.11. The number of anilines is 1. The normalized spacial score (nSPS) is 14.6. The average Bonchev–Trinajstić information content (AvgIpc) is 2.70. The SMILES string of the molecule is CCOc1ccc(NC(=S)NCc2ccc(CN3CCCCC3)cc2)cc1. The Morgan fingerprint density at radius 2 is 1.63 bits per heavy atom. The summed E-state index contributed by atoms with van der Waals surface area (Å²) in [4.78, 5) is 2.55. The van der Waals surface area contributed by atoms with E-state index in [4.69, 9.17) is 17.0 Å². The molecule has 1 fully saturated rings. The number of benzene rings is 2. The largest absolute Gasteiger partial charge is 0.494 e. The lowest BCUT2D eigenvalue weighted by molar-refractivity contribution is 0.221. The molecule has 0 aliphatic carbocycles. The molecular weight excluding hydrogens is 354 g/mol. The van der Waals surface area contributed by atoms with E-state index in [1.807, 2.05) is 31.2 Å². The molecule has 0 atom stereocenters. The zero-order valence-electron chi connectivity index (χ0n) is 16.0. The Bertz CT molecular complexity index is 709. The third-order valence-electron chi connectivity index (χ3n) is 4.75. The zero-order chi connectivity index (χ0) is 18.9. The Morgan fingerprint density at radius 3 is 2.30 bits per heavy atom. The fraction of sp³-hybridized carbons (Fsp3) is 0.409. The van der Waals surface area contributed by atoms with Gasteiger partial charge in [-0.05, 0) is 80.5 Å². The first-order valence-electron chi connectivity index (χ1n) is 9.81. The minimum Gasteiger partial charge on any atom is -0.494 e. The smallest absolute Gasteiger partial charge is 0.171 e. The number of nitrogens with zero attached hydrogens (tertiary/aromatic N) is 1. The van der Waals surface area contributed by atoms with Gasteiger partial charge >= 0.3 is 0 Å². The molecule has 0 aromatic heterocycles. The second-order valence-electron chi connectivity index (χ2n) is 6.92. The second-order valence-corrected chi connectivity index (χ2v) is 7.33. The van der Waals surface area contributed by atoms with E-state index in [9.17, 15) is 0 Å². The molecule has 3 rings (SSSR count). The van der Waals surface area contributed by atoms with E-state index in [0.717, 1.165) is 18.0 Å². The third-order valence-corrected chi connectivity index (χ3v) is 5.00. The fourth-order valence-corrected chi connectivity index (χ4v) is 3.49. The summed E-state index contributed by atoms with van der Waals surface area (Å²) in [6.45, 7) is 6.89. The summed E-state index contributed by atoms with van der Waals surface area (Å²) in [6.07, 6.45) is 4.05. The fourth-order valence-electron chi connectivity index (χ4n) is 3.30. The van der Waals surface area contributed by atoms with Crippen molar-refractivity contribution in [2.24, 2.45) is 0 Å². The van der Waals surface area contributed by atoms with Gasteiger partial charge in [0.25, 0.3) is 0 Å². The van der Waals surface area contributed by atoms with Crippen LogP contribution in [-0.4, -0.2) is 29.7 Å². The minimum atomic E-state index is 0.622. The highest BCUT2D eigenvalue weighted by atomic mass is 32.1. The summed E-state index contributed by atoms with van der Waals surface area (Å²) < 4.78 is 5.45. The predicted molar refractivity (Wildman–Crippen MR) is 116 cm³/mol. The van der Waals surface area contributed by atoms with Gasteiger partial charge in [0.15, 0.2) is 5.11 Å². The van der Waals surface area contributed by atoms with Gasteiger partial charge in [-0.15, -0.1) is 0 Å². The van der Waals surface area contributed by atoms with E-state index < -0.39 is 0 Å². The van der Waals surface area contributed by atoms with Crippen LogP contribution in [-0.2, 0) is 13.1 Å². The lowest BCUT2D eigenvalue weighted by atomic mass is 10.1. The number of likely N-dealkylation sites (tertiary alicyclic amines) is 1. The first kappa shape index (κ1) is 19.6. The molecule has 0 unspecified atom stereocenters. The molecule has 5 heteroatoms. The number of ether oxygens (including phenoxy) is 1. The molecule has 27 heavy (non-hydrogen) atoms. The maximum Gasteiger partial charge on any atom is 0.171 e. The quantitative estimate of drug-likeness (QED) is 0.686. The van der Waals surface area contributed by atoms with Crippen molar-refractivity contribution in [2.75, 3.05) is 25.0 Å². The highest BCUT2D eigenvalue weighted by Gasteiger charge is 2.10. The molecule has 1 heterocycles. The van der Waals surface area contributed by atoms with Gasteiger partial charge in [-0.2, -0.15) is 0 Å². The van der Waals surface area contributed by atoms with Gasteiger partial charge in [-0.3, -0.25) is 4.90 Å². The molecule has 2 aromatic rings. The molecule has 0 radical (unpaired) electrons. The number of rotatable bonds is 7. The molecule has 4 nitrogen and oxygen atoms in total. The molecule has 0 bridgehead atoms. The van der Waals surface area contributed by atoms with E-state index >= 15 is 0 Å². The van der Waals surface area contributed by atoms with E-state index in [0.29, 0.717) is 18.3 Å². The Balaban J connectivity index is 1.42. The van der Waals surface area contributed by atoms with E-state index in [-0.39, 0.29) is 0 Å². The van der Waals surface area contributed by atoms with E-state index in [1.54, 1.807) is 0 Å². The van der Waals surface area contributed by atoms with Crippen LogP contribution in [0.4, 0.5) is 5.69 Å². The standard InChI is InChI=1S/C22H29N3OS/c1-2-26-21-12-10-20(11-13-21)24-22(27)23-16-18-6-8-19(9-7-18)17-25-14-4-3-5-15-25/h6-13H,2-5,14-17H2,1H3,(H2,23,24,27). The van der Waals surface area contributed by atoms with Crippen LogP contribution >= 0.6 is 12.2 Å². The Morgan fingerprint density at radius 1 is 0.963 bits per heavy atom. The molecule has 0 saturated carbocycles. The first-order valence-corrected chi connectivity index (χ1v) is 10.2. The lowest BCUT2D eigenvalue weighted by Crippen LogP contribution is -2.29. The van der Waals surface area contributed by atoms with Crippen LogP contribution in [0.25, 0.3) is 0 Å². The summed E-state index contributed by atoms with van der Waals surface area (Å²) >= 11 is 5.39. The molecule has 1 saturated heterocycles. The highest BCUT2D eigenvalue weighted by molar-refractivity contribution is 7.80. The average molecular weight is 384 g/mol. The molecule has 1 aliphatic heterocycles. The molecule has 0 amide bonds. The minimum absolute atomic E-state index is 0.622. The molecule has 2 aromatic carbocycles. The van der Waals surface area contributed by atoms with Gasteiger partial charge in [0.2, 0.25) is 0 Å². The second kappa shape index (κ2) is 10.3. The maximum atomic E-state index is 5.45. The summed E-state index contributed by atoms with van der Waals surface area (Å²) in [5.41, 5.74) is 3.57. The topological polar surface area (TPSA) is 36.5 Å². The van der Waals surface area contributed by atoms with Crippen LogP contribution in [0.5, 0.6) is 5.75 Å². The Kier molecular flexibility index (Phi) is 7.48. The van der Waals surface area contributed by atoms with Crippen molar-refractivity contribution < 1.29 is 4.74 Å².